The van der Waals surface area contributed by atoms with Gasteiger partial charge in [0.15, 0.2) is 0 Å². The molecule has 0 N–H and O–H groups in total. The van der Waals surface area contributed by atoms with Gasteiger partial charge < -0.3 is 4.90 Å². The van der Waals surface area contributed by atoms with Gasteiger partial charge >= 0.3 is 0 Å². The Morgan fingerprint density at radius 2 is 2.06 bits per heavy atom. The largest absolute Gasteiger partial charge is 0.354 e. The number of anilines is 1. The summed E-state index contributed by atoms with van der Waals surface area (Å²) in [6.45, 7) is 7.81. The molecule has 1 aromatic heterocycles. The van der Waals surface area contributed by atoms with Crippen LogP contribution in [0.4, 0.5) is 5.82 Å². The lowest BCUT2D eigenvalue weighted by atomic mass is 10.2. The van der Waals surface area contributed by atoms with Gasteiger partial charge in [-0.1, -0.05) is 13.0 Å². The number of pyridine rings is 1. The molecule has 0 bridgehead atoms. The number of piperazine rings is 1. The predicted molar refractivity (Wildman–Crippen MR) is 72.7 cm³/mol. The highest BCUT2D eigenvalue weighted by Gasteiger charge is 2.18. The molecule has 1 aliphatic rings. The molecule has 0 radical (unpaired) electrons. The highest BCUT2D eigenvalue weighted by molar-refractivity contribution is 6.17. The summed E-state index contributed by atoms with van der Waals surface area (Å²) in [6.07, 6.45) is 3.08. The zero-order valence-electron chi connectivity index (χ0n) is 10.4. The van der Waals surface area contributed by atoms with E-state index in [4.69, 9.17) is 11.6 Å². The molecule has 1 fully saturated rings. The number of halogens is 1. The van der Waals surface area contributed by atoms with Gasteiger partial charge in [0.1, 0.15) is 5.82 Å². The zero-order chi connectivity index (χ0) is 12.1. The van der Waals surface area contributed by atoms with Crippen LogP contribution in [0.1, 0.15) is 18.9 Å². The Morgan fingerprint density at radius 3 is 2.71 bits per heavy atom. The number of nitrogens with zero attached hydrogens (tertiary/aromatic N) is 3. The lowest BCUT2D eigenvalue weighted by Crippen LogP contribution is -2.47. The Bertz CT molecular complexity index is 348. The first kappa shape index (κ1) is 12.7. The summed E-state index contributed by atoms with van der Waals surface area (Å²) in [5, 5.41) is 0. The standard InChI is InChI=1S/C13H20ClN3/c1-2-6-16-7-9-17(10-8-16)13-12(11-14)4-3-5-15-13/h3-5H,2,6-11H2,1H3. The Kier molecular flexibility index (Phi) is 4.63. The van der Waals surface area contributed by atoms with Crippen LogP contribution < -0.4 is 4.90 Å². The summed E-state index contributed by atoms with van der Waals surface area (Å²) < 4.78 is 0. The predicted octanol–water partition coefficient (Wildman–Crippen LogP) is 2.35. The molecular formula is C13H20ClN3. The van der Waals surface area contributed by atoms with Crippen LogP contribution in [0.5, 0.6) is 0 Å². The fraction of sp³-hybridized carbons (Fsp3) is 0.615. The van der Waals surface area contributed by atoms with Gasteiger partial charge in [-0.3, -0.25) is 4.90 Å². The van der Waals surface area contributed by atoms with Gasteiger partial charge in [0.25, 0.3) is 0 Å². The second-order valence-electron chi connectivity index (χ2n) is 4.45. The molecule has 2 heterocycles. The molecule has 1 aromatic rings. The van der Waals surface area contributed by atoms with Crippen molar-refractivity contribution in [3.8, 4) is 0 Å². The van der Waals surface area contributed by atoms with Crippen molar-refractivity contribution in [1.82, 2.24) is 9.88 Å². The topological polar surface area (TPSA) is 19.4 Å². The van der Waals surface area contributed by atoms with E-state index in [1.165, 1.54) is 13.0 Å². The normalized spacial score (nSPS) is 17.4. The summed E-state index contributed by atoms with van der Waals surface area (Å²) in [5.41, 5.74) is 1.14. The van der Waals surface area contributed by atoms with Crippen LogP contribution in [0, 0.1) is 0 Å². The van der Waals surface area contributed by atoms with Crippen molar-refractivity contribution in [2.45, 2.75) is 19.2 Å². The van der Waals surface area contributed by atoms with E-state index in [-0.39, 0.29) is 0 Å². The van der Waals surface area contributed by atoms with Crippen LogP contribution in [0.25, 0.3) is 0 Å². The molecule has 0 amide bonds. The third-order valence-electron chi connectivity index (χ3n) is 3.22. The summed E-state index contributed by atoms with van der Waals surface area (Å²) in [7, 11) is 0. The molecule has 3 nitrogen and oxygen atoms in total. The Morgan fingerprint density at radius 1 is 1.29 bits per heavy atom. The lowest BCUT2D eigenvalue weighted by molar-refractivity contribution is 0.258. The van der Waals surface area contributed by atoms with Gasteiger partial charge in [-0.15, -0.1) is 11.6 Å². The van der Waals surface area contributed by atoms with Crippen molar-refractivity contribution >= 4 is 17.4 Å². The smallest absolute Gasteiger partial charge is 0.133 e. The van der Waals surface area contributed by atoms with E-state index in [0.717, 1.165) is 37.6 Å². The van der Waals surface area contributed by atoms with Crippen LogP contribution >= 0.6 is 11.6 Å². The number of aromatic nitrogens is 1. The Hall–Kier alpha value is -0.800. The Balaban J connectivity index is 2.00. The maximum absolute atomic E-state index is 5.95. The molecule has 0 spiro atoms. The van der Waals surface area contributed by atoms with Gasteiger partial charge in [-0.05, 0) is 19.0 Å². The van der Waals surface area contributed by atoms with Crippen LogP contribution in [0.3, 0.4) is 0 Å². The van der Waals surface area contributed by atoms with Crippen LogP contribution in [0.15, 0.2) is 18.3 Å². The molecule has 94 valence electrons. The minimum absolute atomic E-state index is 0.540. The van der Waals surface area contributed by atoms with E-state index in [1.807, 2.05) is 12.3 Å². The maximum Gasteiger partial charge on any atom is 0.133 e. The number of rotatable bonds is 4. The molecule has 1 aliphatic heterocycles. The van der Waals surface area contributed by atoms with E-state index in [1.54, 1.807) is 0 Å². The third kappa shape index (κ3) is 3.11. The van der Waals surface area contributed by atoms with Crippen LogP contribution in [-0.2, 0) is 5.88 Å². The first-order valence-corrected chi connectivity index (χ1v) is 6.85. The fourth-order valence-electron chi connectivity index (χ4n) is 2.32. The average molecular weight is 254 g/mol. The van der Waals surface area contributed by atoms with Gasteiger partial charge in [-0.25, -0.2) is 4.98 Å². The molecule has 1 saturated heterocycles. The molecule has 0 aliphatic carbocycles. The lowest BCUT2D eigenvalue weighted by Gasteiger charge is -2.35. The summed E-state index contributed by atoms with van der Waals surface area (Å²) in [4.78, 5) is 9.33. The molecule has 17 heavy (non-hydrogen) atoms. The molecule has 0 unspecified atom stereocenters. The van der Waals surface area contributed by atoms with Crippen molar-refractivity contribution in [1.29, 1.82) is 0 Å². The minimum atomic E-state index is 0.540. The number of hydrogen-bond donors (Lipinski definition) is 0. The minimum Gasteiger partial charge on any atom is -0.354 e. The number of hydrogen-bond acceptors (Lipinski definition) is 3. The van der Waals surface area contributed by atoms with Crippen LogP contribution in [0.2, 0.25) is 0 Å². The first-order valence-electron chi connectivity index (χ1n) is 6.32. The quantitative estimate of drug-likeness (QED) is 0.768. The van der Waals surface area contributed by atoms with Gasteiger partial charge in [0.05, 0.1) is 5.88 Å². The van der Waals surface area contributed by atoms with Gasteiger partial charge in [0.2, 0.25) is 0 Å². The molecule has 0 aromatic carbocycles. The maximum atomic E-state index is 5.95. The molecule has 0 atom stereocenters. The van der Waals surface area contributed by atoms with Crippen LogP contribution in [-0.4, -0.2) is 42.6 Å². The van der Waals surface area contributed by atoms with E-state index in [9.17, 15) is 0 Å². The zero-order valence-corrected chi connectivity index (χ0v) is 11.2. The first-order chi connectivity index (χ1) is 8.35. The van der Waals surface area contributed by atoms with Crippen molar-refractivity contribution in [3.05, 3.63) is 23.9 Å². The van der Waals surface area contributed by atoms with E-state index < -0.39 is 0 Å². The average Bonchev–Trinajstić information content (AvgIpc) is 2.40. The molecule has 4 heteroatoms. The van der Waals surface area contributed by atoms with E-state index in [2.05, 4.69) is 27.8 Å². The molecule has 2 rings (SSSR count). The highest BCUT2D eigenvalue weighted by Crippen LogP contribution is 2.20. The second-order valence-corrected chi connectivity index (χ2v) is 4.72. The summed E-state index contributed by atoms with van der Waals surface area (Å²) in [6, 6.07) is 4.02. The van der Waals surface area contributed by atoms with E-state index in [0.29, 0.717) is 5.88 Å². The highest BCUT2D eigenvalue weighted by atomic mass is 35.5. The van der Waals surface area contributed by atoms with Crippen molar-refractivity contribution in [3.63, 3.8) is 0 Å². The summed E-state index contributed by atoms with van der Waals surface area (Å²) >= 11 is 5.95. The SMILES string of the molecule is CCCN1CCN(c2ncccc2CCl)CC1. The van der Waals surface area contributed by atoms with E-state index >= 15 is 0 Å². The summed E-state index contributed by atoms with van der Waals surface area (Å²) in [5.74, 6) is 1.61. The van der Waals surface area contributed by atoms with Gasteiger partial charge in [-0.2, -0.15) is 0 Å². The van der Waals surface area contributed by atoms with Crippen molar-refractivity contribution in [2.24, 2.45) is 0 Å². The molecular weight excluding hydrogens is 234 g/mol. The third-order valence-corrected chi connectivity index (χ3v) is 3.51. The van der Waals surface area contributed by atoms with Crippen molar-refractivity contribution < 1.29 is 0 Å². The Labute approximate surface area is 108 Å². The number of alkyl halides is 1. The van der Waals surface area contributed by atoms with Gasteiger partial charge in [0, 0.05) is 37.9 Å². The molecule has 0 saturated carbocycles. The fourth-order valence-corrected chi connectivity index (χ4v) is 2.53. The van der Waals surface area contributed by atoms with Crippen molar-refractivity contribution in [2.75, 3.05) is 37.6 Å². The second kappa shape index (κ2) is 6.22. The monoisotopic (exact) mass is 253 g/mol.